The molecule has 0 amide bonds. The average Bonchev–Trinajstić information content (AvgIpc) is 2.73. The molecule has 0 fully saturated rings. The van der Waals surface area contributed by atoms with Crippen LogP contribution >= 0.6 is 0 Å². The molecule has 0 aromatic carbocycles. The second-order valence-electron chi connectivity index (χ2n) is 3.26. The summed E-state index contributed by atoms with van der Waals surface area (Å²) >= 11 is 0. The van der Waals surface area contributed by atoms with E-state index in [2.05, 4.69) is 15.2 Å². The minimum absolute atomic E-state index is 0.164. The standard InChI is InChI=1S/C10H11FN4O/c1-6(11)16-9-2-7(3-13-10(9)12)8-4-14-15-5-8/h2-6H,1H3,(H2,12,13)(H,14,15). The van der Waals surface area contributed by atoms with Gasteiger partial charge in [-0.3, -0.25) is 5.10 Å². The number of ether oxygens (including phenoxy) is 1. The van der Waals surface area contributed by atoms with E-state index < -0.39 is 6.36 Å². The first-order valence-corrected chi connectivity index (χ1v) is 4.72. The fourth-order valence-corrected chi connectivity index (χ4v) is 1.29. The fraction of sp³-hybridized carbons (Fsp3) is 0.200. The second kappa shape index (κ2) is 4.18. The number of H-pyrrole nitrogens is 1. The lowest BCUT2D eigenvalue weighted by Gasteiger charge is -2.09. The van der Waals surface area contributed by atoms with Gasteiger partial charge in [0.2, 0.25) is 6.36 Å². The summed E-state index contributed by atoms with van der Waals surface area (Å²) in [5.74, 6) is 0.394. The van der Waals surface area contributed by atoms with E-state index in [1.165, 1.54) is 6.92 Å². The van der Waals surface area contributed by atoms with E-state index in [9.17, 15) is 4.39 Å². The number of nitrogens with zero attached hydrogens (tertiary/aromatic N) is 2. The molecule has 2 heterocycles. The summed E-state index contributed by atoms with van der Waals surface area (Å²) in [6.45, 7) is 1.28. The van der Waals surface area contributed by atoms with Crippen LogP contribution in [0.3, 0.4) is 0 Å². The van der Waals surface area contributed by atoms with Crippen LogP contribution in [-0.4, -0.2) is 21.5 Å². The Bertz CT molecular complexity index is 470. The normalized spacial score (nSPS) is 12.4. The van der Waals surface area contributed by atoms with Crippen molar-refractivity contribution in [2.45, 2.75) is 13.3 Å². The Hall–Kier alpha value is -2.11. The van der Waals surface area contributed by atoms with Crippen molar-refractivity contribution in [3.63, 3.8) is 0 Å². The summed E-state index contributed by atoms with van der Waals surface area (Å²) in [6.07, 6.45) is 3.49. The van der Waals surface area contributed by atoms with Gasteiger partial charge in [0.1, 0.15) is 0 Å². The maximum absolute atomic E-state index is 12.7. The van der Waals surface area contributed by atoms with Gasteiger partial charge in [-0.1, -0.05) is 0 Å². The van der Waals surface area contributed by atoms with Crippen molar-refractivity contribution in [3.8, 4) is 16.9 Å². The number of rotatable bonds is 3. The second-order valence-corrected chi connectivity index (χ2v) is 3.26. The molecule has 1 unspecified atom stereocenters. The van der Waals surface area contributed by atoms with Crippen LogP contribution in [0.2, 0.25) is 0 Å². The Morgan fingerprint density at radius 1 is 1.44 bits per heavy atom. The number of hydrogen-bond donors (Lipinski definition) is 2. The van der Waals surface area contributed by atoms with E-state index in [1.54, 1.807) is 24.7 Å². The SMILES string of the molecule is CC(F)Oc1cc(-c2cn[nH]c2)cnc1N. The molecule has 2 aromatic rings. The van der Waals surface area contributed by atoms with Crippen molar-refractivity contribution >= 4 is 5.82 Å². The Morgan fingerprint density at radius 2 is 2.25 bits per heavy atom. The highest BCUT2D eigenvalue weighted by molar-refractivity contribution is 5.65. The summed E-state index contributed by atoms with van der Waals surface area (Å²) < 4.78 is 17.6. The predicted molar refractivity (Wildman–Crippen MR) is 57.4 cm³/mol. The number of hydrogen-bond acceptors (Lipinski definition) is 4. The van der Waals surface area contributed by atoms with Gasteiger partial charge in [0.15, 0.2) is 11.6 Å². The Labute approximate surface area is 91.5 Å². The van der Waals surface area contributed by atoms with Gasteiger partial charge >= 0.3 is 0 Å². The van der Waals surface area contributed by atoms with Gasteiger partial charge < -0.3 is 10.5 Å². The first-order valence-electron chi connectivity index (χ1n) is 4.72. The van der Waals surface area contributed by atoms with Crippen LogP contribution in [0.5, 0.6) is 5.75 Å². The fourth-order valence-electron chi connectivity index (χ4n) is 1.29. The van der Waals surface area contributed by atoms with Crippen molar-refractivity contribution < 1.29 is 9.13 Å². The molecule has 16 heavy (non-hydrogen) atoms. The van der Waals surface area contributed by atoms with Gasteiger partial charge in [0, 0.05) is 30.4 Å². The molecule has 0 aliphatic carbocycles. The third-order valence-corrected chi connectivity index (χ3v) is 2.00. The number of nitrogens with one attached hydrogen (secondary N) is 1. The summed E-state index contributed by atoms with van der Waals surface area (Å²) in [5.41, 5.74) is 7.16. The Balaban J connectivity index is 2.36. The number of alkyl halides is 1. The zero-order valence-electron chi connectivity index (χ0n) is 8.64. The summed E-state index contributed by atoms with van der Waals surface area (Å²) in [6, 6.07) is 1.63. The average molecular weight is 222 g/mol. The molecule has 5 nitrogen and oxygen atoms in total. The van der Waals surface area contributed by atoms with Crippen LogP contribution in [0.15, 0.2) is 24.7 Å². The lowest BCUT2D eigenvalue weighted by Crippen LogP contribution is -2.06. The lowest BCUT2D eigenvalue weighted by atomic mass is 10.1. The minimum Gasteiger partial charge on any atom is -0.457 e. The number of anilines is 1. The van der Waals surface area contributed by atoms with Crippen molar-refractivity contribution in [2.24, 2.45) is 0 Å². The molecular weight excluding hydrogens is 211 g/mol. The molecular formula is C10H11FN4O. The zero-order valence-corrected chi connectivity index (χ0v) is 8.64. The molecule has 0 aliphatic rings. The molecule has 2 aromatic heterocycles. The molecule has 84 valence electrons. The number of aromatic amines is 1. The molecule has 1 atom stereocenters. The third-order valence-electron chi connectivity index (χ3n) is 2.00. The molecule has 0 bridgehead atoms. The van der Waals surface area contributed by atoms with E-state index in [1.807, 2.05) is 0 Å². The van der Waals surface area contributed by atoms with Crippen LogP contribution in [0, 0.1) is 0 Å². The van der Waals surface area contributed by atoms with E-state index in [0.29, 0.717) is 0 Å². The largest absolute Gasteiger partial charge is 0.457 e. The monoisotopic (exact) mass is 222 g/mol. The van der Waals surface area contributed by atoms with Crippen molar-refractivity contribution in [2.75, 3.05) is 5.73 Å². The first kappa shape index (κ1) is 10.4. The molecule has 6 heteroatoms. The molecule has 2 rings (SSSR count). The van der Waals surface area contributed by atoms with Gasteiger partial charge in [0.25, 0.3) is 0 Å². The van der Waals surface area contributed by atoms with E-state index in [-0.39, 0.29) is 11.6 Å². The van der Waals surface area contributed by atoms with Crippen molar-refractivity contribution in [1.29, 1.82) is 0 Å². The van der Waals surface area contributed by atoms with Crippen LogP contribution in [0.25, 0.3) is 11.1 Å². The van der Waals surface area contributed by atoms with Crippen LogP contribution in [0.4, 0.5) is 10.2 Å². The molecule has 0 saturated carbocycles. The molecule has 0 saturated heterocycles. The topological polar surface area (TPSA) is 76.8 Å². The summed E-state index contributed by atoms with van der Waals surface area (Å²) in [7, 11) is 0. The lowest BCUT2D eigenvalue weighted by molar-refractivity contribution is 0.0866. The highest BCUT2D eigenvalue weighted by Crippen LogP contribution is 2.27. The Morgan fingerprint density at radius 3 is 2.88 bits per heavy atom. The number of aromatic nitrogens is 3. The van der Waals surface area contributed by atoms with Gasteiger partial charge in [0.05, 0.1) is 6.20 Å². The van der Waals surface area contributed by atoms with Crippen LogP contribution in [-0.2, 0) is 0 Å². The van der Waals surface area contributed by atoms with Crippen molar-refractivity contribution in [1.82, 2.24) is 15.2 Å². The molecule has 0 radical (unpaired) electrons. The highest BCUT2D eigenvalue weighted by atomic mass is 19.1. The maximum atomic E-state index is 12.7. The van der Waals surface area contributed by atoms with E-state index in [0.717, 1.165) is 11.1 Å². The summed E-state index contributed by atoms with van der Waals surface area (Å²) in [4.78, 5) is 3.93. The number of nitrogen functional groups attached to an aromatic ring is 1. The van der Waals surface area contributed by atoms with Gasteiger partial charge in [-0.25, -0.2) is 9.37 Å². The predicted octanol–water partition coefficient (Wildman–Crippen LogP) is 1.75. The van der Waals surface area contributed by atoms with Crippen LogP contribution in [0.1, 0.15) is 6.92 Å². The van der Waals surface area contributed by atoms with Crippen molar-refractivity contribution in [3.05, 3.63) is 24.7 Å². The van der Waals surface area contributed by atoms with Gasteiger partial charge in [-0.15, -0.1) is 0 Å². The maximum Gasteiger partial charge on any atom is 0.236 e. The van der Waals surface area contributed by atoms with Gasteiger partial charge in [-0.2, -0.15) is 5.10 Å². The molecule has 0 aliphatic heterocycles. The first-order chi connectivity index (χ1) is 7.66. The summed E-state index contributed by atoms with van der Waals surface area (Å²) in [5, 5.41) is 6.49. The van der Waals surface area contributed by atoms with E-state index >= 15 is 0 Å². The zero-order chi connectivity index (χ0) is 11.5. The molecule has 3 N–H and O–H groups in total. The van der Waals surface area contributed by atoms with Gasteiger partial charge in [-0.05, 0) is 6.07 Å². The minimum atomic E-state index is -1.43. The molecule has 0 spiro atoms. The number of pyridine rings is 1. The number of nitrogens with two attached hydrogens (primary N) is 1. The quantitative estimate of drug-likeness (QED) is 0.829. The smallest absolute Gasteiger partial charge is 0.236 e. The highest BCUT2D eigenvalue weighted by Gasteiger charge is 2.09. The van der Waals surface area contributed by atoms with E-state index in [4.69, 9.17) is 10.5 Å². The number of halogens is 1. The van der Waals surface area contributed by atoms with Crippen LogP contribution < -0.4 is 10.5 Å². The Kier molecular flexibility index (Phi) is 2.72. The third kappa shape index (κ3) is 2.10.